The van der Waals surface area contributed by atoms with Crippen LogP contribution in [-0.2, 0) is 4.79 Å². The summed E-state index contributed by atoms with van der Waals surface area (Å²) in [6, 6.07) is 0. The standard InChI is InChI=1S/C9H16O.C9H4.H2O.6H2/c1-2-3-4-5-6-7-8-9-10;1-3-5-7-9-8-6-4-2;;;;;;;/h3-4,9H,2,5-8H2,1H3;1H,2H3;1H2;6*1H/b4-3-;;;;;;;;. The summed E-state index contributed by atoms with van der Waals surface area (Å²) in [6.45, 7) is 3.84. The van der Waals surface area contributed by atoms with E-state index in [-0.39, 0.29) is 14.0 Å². The molecule has 0 fully saturated rings. The first-order valence-corrected chi connectivity index (χ1v) is 6.29. The Labute approximate surface area is 132 Å². The second kappa shape index (κ2) is 25.5. The molecule has 20 heavy (non-hydrogen) atoms. The molecule has 0 saturated heterocycles. The van der Waals surface area contributed by atoms with Gasteiger partial charge in [0.05, 0.1) is 0 Å². The first kappa shape index (κ1) is 22.8. The third-order valence-electron chi connectivity index (χ3n) is 1.79. The monoisotopic (exact) mass is 282 g/mol. The van der Waals surface area contributed by atoms with Crippen LogP contribution in [0.3, 0.4) is 0 Å². The summed E-state index contributed by atoms with van der Waals surface area (Å²) in [5, 5.41) is 0. The number of carbonyl (C=O) groups is 1. The summed E-state index contributed by atoms with van der Waals surface area (Å²) in [6.07, 6.45) is 15.3. The van der Waals surface area contributed by atoms with Crippen molar-refractivity contribution < 1.29 is 18.8 Å². The Balaban J connectivity index is -0.0000000251. The maximum atomic E-state index is 9.88. The average molecular weight is 282 g/mol. The maximum absolute atomic E-state index is 9.88. The highest BCUT2D eigenvalue weighted by molar-refractivity contribution is 5.48. The first-order chi connectivity index (χ1) is 9.33. The molecule has 0 aromatic carbocycles. The van der Waals surface area contributed by atoms with Crippen LogP contribution in [0.1, 0.15) is 54.5 Å². The Kier molecular flexibility index (Phi) is 29.0. The third kappa shape index (κ3) is 29.6. The SMILES string of the molecule is C#CC#CC#CC#CC.CC/C=C\CCCCC=O.O.[HH].[HH].[HH].[HH].[HH].[HH]. The lowest BCUT2D eigenvalue weighted by Gasteiger charge is -1.89. The van der Waals surface area contributed by atoms with Crippen LogP contribution in [0.25, 0.3) is 0 Å². The minimum atomic E-state index is 0. The number of aldehydes is 1. The van der Waals surface area contributed by atoms with E-state index >= 15 is 0 Å². The molecule has 0 saturated carbocycles. The zero-order valence-corrected chi connectivity index (χ0v) is 12.3. The van der Waals surface area contributed by atoms with E-state index in [9.17, 15) is 4.79 Å². The molecule has 0 bridgehead atoms. The Morgan fingerprint density at radius 1 is 1.00 bits per heavy atom. The van der Waals surface area contributed by atoms with Crippen LogP contribution >= 0.6 is 0 Å². The molecule has 0 heterocycles. The quantitative estimate of drug-likeness (QED) is 0.314. The van der Waals surface area contributed by atoms with Gasteiger partial charge in [0.1, 0.15) is 6.29 Å². The van der Waals surface area contributed by atoms with E-state index in [0.717, 1.165) is 38.4 Å². The van der Waals surface area contributed by atoms with Gasteiger partial charge in [-0.25, -0.2) is 0 Å². The van der Waals surface area contributed by atoms with Crippen LogP contribution in [0.15, 0.2) is 12.2 Å². The van der Waals surface area contributed by atoms with E-state index in [1.807, 2.05) is 0 Å². The van der Waals surface area contributed by atoms with Gasteiger partial charge in [-0.1, -0.05) is 25.0 Å². The van der Waals surface area contributed by atoms with E-state index in [0.29, 0.717) is 0 Å². The van der Waals surface area contributed by atoms with Crippen LogP contribution in [0.2, 0.25) is 0 Å². The van der Waals surface area contributed by atoms with Gasteiger partial charge in [-0.05, 0) is 68.1 Å². The van der Waals surface area contributed by atoms with Crippen molar-refractivity contribution in [3.63, 3.8) is 0 Å². The number of hydrogen-bond donors (Lipinski definition) is 0. The fraction of sp³-hybridized carbons (Fsp3) is 0.389. The summed E-state index contributed by atoms with van der Waals surface area (Å²) in [5.41, 5.74) is 0. The molecule has 2 heteroatoms. The van der Waals surface area contributed by atoms with Crippen LogP contribution in [0.4, 0.5) is 0 Å². The third-order valence-corrected chi connectivity index (χ3v) is 1.79. The summed E-state index contributed by atoms with van der Waals surface area (Å²) in [7, 11) is 0. The molecule has 118 valence electrons. The molecule has 0 amide bonds. The fourth-order valence-corrected chi connectivity index (χ4v) is 0.967. The summed E-state index contributed by atoms with van der Waals surface area (Å²) in [5.74, 6) is 17.0. The predicted molar refractivity (Wildman–Crippen MR) is 98.1 cm³/mol. The van der Waals surface area contributed by atoms with E-state index in [1.165, 1.54) is 0 Å². The van der Waals surface area contributed by atoms with Crippen LogP contribution < -0.4 is 0 Å². The first-order valence-electron chi connectivity index (χ1n) is 6.29. The van der Waals surface area contributed by atoms with E-state index in [4.69, 9.17) is 6.42 Å². The minimum absolute atomic E-state index is 0. The van der Waals surface area contributed by atoms with Crippen LogP contribution in [-0.4, -0.2) is 11.8 Å². The predicted octanol–water partition coefficient (Wildman–Crippen LogP) is 4.01. The number of rotatable bonds is 6. The van der Waals surface area contributed by atoms with Crippen molar-refractivity contribution in [1.82, 2.24) is 0 Å². The van der Waals surface area contributed by atoms with Crippen molar-refractivity contribution in [2.24, 2.45) is 0 Å². The van der Waals surface area contributed by atoms with Gasteiger partial charge in [-0.3, -0.25) is 0 Å². The molecule has 0 atom stereocenters. The van der Waals surface area contributed by atoms with E-state index < -0.39 is 0 Å². The summed E-state index contributed by atoms with van der Waals surface area (Å²) >= 11 is 0. The number of unbranched alkanes of at least 4 members (excludes halogenated alkanes) is 3. The molecule has 0 unspecified atom stereocenters. The van der Waals surface area contributed by atoms with Gasteiger partial charge >= 0.3 is 0 Å². The highest BCUT2D eigenvalue weighted by Crippen LogP contribution is 1.98. The van der Waals surface area contributed by atoms with Crippen LogP contribution in [0, 0.1) is 47.9 Å². The second-order valence-electron chi connectivity index (χ2n) is 3.35. The Hall–Kier alpha value is -2.39. The molecule has 0 aliphatic rings. The van der Waals surface area contributed by atoms with Gasteiger partial charge in [-0.2, -0.15) is 0 Å². The van der Waals surface area contributed by atoms with Crippen LogP contribution in [0.5, 0.6) is 0 Å². The molecule has 0 aromatic heterocycles. The fourth-order valence-electron chi connectivity index (χ4n) is 0.967. The molecule has 0 radical (unpaired) electrons. The van der Waals surface area contributed by atoms with Crippen molar-refractivity contribution >= 4 is 6.29 Å². The van der Waals surface area contributed by atoms with Crippen molar-refractivity contribution in [1.29, 1.82) is 0 Å². The maximum Gasteiger partial charge on any atom is 0.119 e. The lowest BCUT2D eigenvalue weighted by Crippen LogP contribution is -1.75. The molecule has 0 rings (SSSR count). The smallest absolute Gasteiger partial charge is 0.119 e. The van der Waals surface area contributed by atoms with Gasteiger partial charge < -0.3 is 10.3 Å². The normalized spacial score (nSPS) is 6.85. The zero-order chi connectivity index (χ0) is 14.6. The van der Waals surface area contributed by atoms with Crippen molar-refractivity contribution in [2.45, 2.75) is 46.0 Å². The molecular weight excluding hydrogens is 248 g/mol. The second-order valence-corrected chi connectivity index (χ2v) is 3.35. The minimum Gasteiger partial charge on any atom is -0.412 e. The van der Waals surface area contributed by atoms with Gasteiger partial charge in [0.25, 0.3) is 0 Å². The van der Waals surface area contributed by atoms with Crippen molar-refractivity contribution in [3.8, 4) is 47.9 Å². The lowest BCUT2D eigenvalue weighted by molar-refractivity contribution is -0.107. The molecule has 0 aliphatic heterocycles. The van der Waals surface area contributed by atoms with Gasteiger partial charge in [0.2, 0.25) is 0 Å². The highest BCUT2D eigenvalue weighted by atomic mass is 16.1. The largest absolute Gasteiger partial charge is 0.412 e. The number of hydrogen-bond acceptors (Lipinski definition) is 1. The molecule has 2 N–H and O–H groups in total. The molecule has 0 aliphatic carbocycles. The number of carbonyl (C=O) groups excluding carboxylic acids is 1. The topological polar surface area (TPSA) is 48.6 Å². The Bertz CT molecular complexity index is 480. The summed E-state index contributed by atoms with van der Waals surface area (Å²) < 4.78 is 0. The van der Waals surface area contributed by atoms with Gasteiger partial charge in [-0.15, -0.1) is 6.42 Å². The molecular formula is C18H34O2. The van der Waals surface area contributed by atoms with E-state index in [1.54, 1.807) is 6.92 Å². The highest BCUT2D eigenvalue weighted by Gasteiger charge is 1.82. The van der Waals surface area contributed by atoms with E-state index in [2.05, 4.69) is 60.5 Å². The molecule has 0 spiro atoms. The van der Waals surface area contributed by atoms with Gasteiger partial charge in [0, 0.05) is 15.0 Å². The Morgan fingerprint density at radius 3 is 2.15 bits per heavy atom. The average Bonchev–Trinajstić information content (AvgIpc) is 2.43. The summed E-state index contributed by atoms with van der Waals surface area (Å²) in [4.78, 5) is 9.88. The number of terminal acetylenes is 1. The van der Waals surface area contributed by atoms with Gasteiger partial charge in [0.15, 0.2) is 0 Å². The molecule has 2 nitrogen and oxygen atoms in total. The lowest BCUT2D eigenvalue weighted by atomic mass is 10.2. The zero-order valence-electron chi connectivity index (χ0n) is 12.3. The number of allylic oxidation sites excluding steroid dienone is 2. The molecule has 0 aromatic rings. The Morgan fingerprint density at radius 2 is 1.60 bits per heavy atom. The van der Waals surface area contributed by atoms with Crippen molar-refractivity contribution in [2.75, 3.05) is 0 Å². The van der Waals surface area contributed by atoms with Crippen molar-refractivity contribution in [3.05, 3.63) is 12.2 Å².